The van der Waals surface area contributed by atoms with Crippen LogP contribution < -0.4 is 0 Å². The Morgan fingerprint density at radius 1 is 1.04 bits per heavy atom. The summed E-state index contributed by atoms with van der Waals surface area (Å²) in [6.45, 7) is 13.9. The van der Waals surface area contributed by atoms with E-state index in [2.05, 4.69) is 32.6 Å². The van der Waals surface area contributed by atoms with Gasteiger partial charge in [0.2, 0.25) is 5.91 Å². The minimum atomic E-state index is 0.117. The fourth-order valence-corrected chi connectivity index (χ4v) is 5.53. The first-order chi connectivity index (χ1) is 12.2. The molecule has 152 valence electrons. The molecule has 0 radical (unpaired) electrons. The molecule has 0 aliphatic carbocycles. The Hall–Kier alpha value is -0.160. The minimum absolute atomic E-state index is 0.117. The number of amides is 1. The maximum atomic E-state index is 12.8. The average molecular weight is 402 g/mol. The Labute approximate surface area is 169 Å². The van der Waals surface area contributed by atoms with Crippen molar-refractivity contribution in [1.29, 1.82) is 0 Å². The standard InChI is InChI=1S/C21H39NO2S2/c1-15(2)7-8-19-12-18(11-16(3)4)13-22(19)21(24)14-26-25-10-9-20(23)17(5)6/h15-19H,7-14H2,1-6H3/t18-,19-/m1/s1. The lowest BCUT2D eigenvalue weighted by Gasteiger charge is -2.25. The van der Waals surface area contributed by atoms with Gasteiger partial charge in [-0.3, -0.25) is 9.59 Å². The van der Waals surface area contributed by atoms with E-state index in [0.717, 1.165) is 18.7 Å². The van der Waals surface area contributed by atoms with E-state index in [1.165, 1.54) is 19.3 Å². The lowest BCUT2D eigenvalue weighted by atomic mass is 9.93. The van der Waals surface area contributed by atoms with Gasteiger partial charge in [-0.15, -0.1) is 0 Å². The summed E-state index contributed by atoms with van der Waals surface area (Å²) in [6.07, 6.45) is 5.35. The van der Waals surface area contributed by atoms with Gasteiger partial charge in [-0.1, -0.05) is 63.1 Å². The molecule has 1 amide bonds. The van der Waals surface area contributed by atoms with Crippen molar-refractivity contribution in [2.75, 3.05) is 18.1 Å². The van der Waals surface area contributed by atoms with Crippen LogP contribution in [0.3, 0.4) is 0 Å². The highest BCUT2D eigenvalue weighted by atomic mass is 33.1. The van der Waals surface area contributed by atoms with E-state index in [1.54, 1.807) is 21.6 Å². The van der Waals surface area contributed by atoms with Crippen molar-refractivity contribution in [1.82, 2.24) is 4.90 Å². The first-order valence-electron chi connectivity index (χ1n) is 10.3. The van der Waals surface area contributed by atoms with Gasteiger partial charge in [0.05, 0.1) is 5.75 Å². The lowest BCUT2D eigenvalue weighted by molar-refractivity contribution is -0.129. The molecule has 1 saturated heterocycles. The summed E-state index contributed by atoms with van der Waals surface area (Å²) in [5.74, 6) is 4.12. The van der Waals surface area contributed by atoms with Crippen LogP contribution in [0.25, 0.3) is 0 Å². The van der Waals surface area contributed by atoms with Crippen LogP contribution >= 0.6 is 21.6 Å². The van der Waals surface area contributed by atoms with Crippen molar-refractivity contribution < 1.29 is 9.59 Å². The van der Waals surface area contributed by atoms with E-state index in [4.69, 9.17) is 0 Å². The fourth-order valence-electron chi connectivity index (χ4n) is 3.62. The number of hydrogen-bond acceptors (Lipinski definition) is 4. The molecular weight excluding hydrogens is 362 g/mol. The third-order valence-electron chi connectivity index (χ3n) is 5.04. The predicted octanol–water partition coefficient (Wildman–Crippen LogP) is 5.68. The zero-order chi connectivity index (χ0) is 19.7. The predicted molar refractivity (Wildman–Crippen MR) is 117 cm³/mol. The molecule has 3 nitrogen and oxygen atoms in total. The van der Waals surface area contributed by atoms with Gasteiger partial charge >= 0.3 is 0 Å². The summed E-state index contributed by atoms with van der Waals surface area (Å²) >= 11 is 0. The van der Waals surface area contributed by atoms with Crippen molar-refractivity contribution in [2.45, 2.75) is 79.7 Å². The van der Waals surface area contributed by atoms with Crippen molar-refractivity contribution in [3.8, 4) is 0 Å². The highest BCUT2D eigenvalue weighted by Gasteiger charge is 2.34. The number of Topliss-reactive ketones (excluding diaryl/α,β-unsaturated/α-hetero) is 1. The van der Waals surface area contributed by atoms with E-state index < -0.39 is 0 Å². The topological polar surface area (TPSA) is 37.4 Å². The smallest absolute Gasteiger partial charge is 0.233 e. The van der Waals surface area contributed by atoms with Crippen LogP contribution in [0.5, 0.6) is 0 Å². The van der Waals surface area contributed by atoms with Crippen LogP contribution in [-0.4, -0.2) is 40.7 Å². The molecule has 0 aromatic rings. The largest absolute Gasteiger partial charge is 0.339 e. The van der Waals surface area contributed by atoms with Crippen LogP contribution in [-0.2, 0) is 9.59 Å². The van der Waals surface area contributed by atoms with Gasteiger partial charge in [0, 0.05) is 30.7 Å². The third-order valence-corrected chi connectivity index (χ3v) is 7.30. The molecule has 1 aliphatic rings. The SMILES string of the molecule is CC(C)CC[C@@H]1C[C@@H](CC(C)C)CN1C(=O)CSSCCC(=O)C(C)C. The number of likely N-dealkylation sites (tertiary alicyclic amines) is 1. The molecule has 26 heavy (non-hydrogen) atoms. The van der Waals surface area contributed by atoms with Gasteiger partial charge in [0.1, 0.15) is 5.78 Å². The summed E-state index contributed by atoms with van der Waals surface area (Å²) in [4.78, 5) is 26.6. The Balaban J connectivity index is 2.42. The Bertz CT molecular complexity index is 438. The zero-order valence-electron chi connectivity index (χ0n) is 17.6. The van der Waals surface area contributed by atoms with Crippen LogP contribution in [0.15, 0.2) is 0 Å². The van der Waals surface area contributed by atoms with E-state index >= 15 is 0 Å². The maximum Gasteiger partial charge on any atom is 0.233 e. The molecule has 0 aromatic carbocycles. The van der Waals surface area contributed by atoms with Crippen molar-refractivity contribution >= 4 is 33.3 Å². The van der Waals surface area contributed by atoms with Gasteiger partial charge in [0.25, 0.3) is 0 Å². The second-order valence-electron chi connectivity index (χ2n) is 8.86. The molecule has 0 unspecified atom stereocenters. The first kappa shape index (κ1) is 23.9. The van der Waals surface area contributed by atoms with Crippen molar-refractivity contribution in [3.63, 3.8) is 0 Å². The molecule has 0 bridgehead atoms. The van der Waals surface area contributed by atoms with E-state index in [9.17, 15) is 9.59 Å². The number of nitrogens with zero attached hydrogens (tertiary/aromatic N) is 1. The molecule has 0 aromatic heterocycles. The Morgan fingerprint density at radius 2 is 1.73 bits per heavy atom. The van der Waals surface area contributed by atoms with Gasteiger partial charge in [-0.05, 0) is 43.4 Å². The monoisotopic (exact) mass is 401 g/mol. The maximum absolute atomic E-state index is 12.8. The first-order valence-corrected chi connectivity index (χ1v) is 12.8. The molecule has 2 atom stereocenters. The highest BCUT2D eigenvalue weighted by Crippen LogP contribution is 2.33. The summed E-state index contributed by atoms with van der Waals surface area (Å²) in [5, 5.41) is 0. The average Bonchev–Trinajstić information content (AvgIpc) is 2.94. The molecular formula is C21H39NO2S2. The second-order valence-corrected chi connectivity index (χ2v) is 11.4. The lowest BCUT2D eigenvalue weighted by Crippen LogP contribution is -2.37. The number of carbonyl (C=O) groups excluding carboxylic acids is 2. The zero-order valence-corrected chi connectivity index (χ0v) is 19.3. The second kappa shape index (κ2) is 12.3. The van der Waals surface area contributed by atoms with E-state index in [0.29, 0.717) is 41.8 Å². The summed E-state index contributed by atoms with van der Waals surface area (Å²) in [5.41, 5.74) is 0. The molecule has 0 N–H and O–H groups in total. The fraction of sp³-hybridized carbons (Fsp3) is 0.905. The number of carbonyl (C=O) groups is 2. The summed E-state index contributed by atoms with van der Waals surface area (Å²) in [6, 6.07) is 0.432. The number of hydrogen-bond donors (Lipinski definition) is 0. The van der Waals surface area contributed by atoms with Gasteiger partial charge < -0.3 is 4.90 Å². The molecule has 1 rings (SSSR count). The summed E-state index contributed by atoms with van der Waals surface area (Å²) < 4.78 is 0. The molecule has 0 spiro atoms. The summed E-state index contributed by atoms with van der Waals surface area (Å²) in [7, 11) is 3.28. The highest BCUT2D eigenvalue weighted by molar-refractivity contribution is 8.76. The van der Waals surface area contributed by atoms with Crippen molar-refractivity contribution in [2.24, 2.45) is 23.7 Å². The molecule has 5 heteroatoms. The van der Waals surface area contributed by atoms with E-state index in [1.807, 2.05) is 13.8 Å². The molecule has 1 heterocycles. The molecule has 1 aliphatic heterocycles. The normalized spacial score (nSPS) is 20.6. The van der Waals surface area contributed by atoms with Crippen molar-refractivity contribution in [3.05, 3.63) is 0 Å². The van der Waals surface area contributed by atoms with E-state index in [-0.39, 0.29) is 11.8 Å². The van der Waals surface area contributed by atoms with Crippen LogP contribution in [0.1, 0.15) is 73.6 Å². The molecule has 0 saturated carbocycles. The van der Waals surface area contributed by atoms with Gasteiger partial charge in [-0.2, -0.15) is 0 Å². The quantitative estimate of drug-likeness (QED) is 0.311. The van der Waals surface area contributed by atoms with Gasteiger partial charge in [0.15, 0.2) is 0 Å². The van der Waals surface area contributed by atoms with Crippen LogP contribution in [0, 0.1) is 23.7 Å². The third kappa shape index (κ3) is 9.16. The minimum Gasteiger partial charge on any atom is -0.339 e. The van der Waals surface area contributed by atoms with Gasteiger partial charge in [-0.25, -0.2) is 0 Å². The Morgan fingerprint density at radius 3 is 2.31 bits per heavy atom. The number of rotatable bonds is 12. The Kier molecular flexibility index (Phi) is 11.3. The van der Waals surface area contributed by atoms with Crippen LogP contribution in [0.4, 0.5) is 0 Å². The number of ketones is 1. The van der Waals surface area contributed by atoms with Crippen LogP contribution in [0.2, 0.25) is 0 Å². The molecule has 1 fully saturated rings.